The highest BCUT2D eigenvalue weighted by molar-refractivity contribution is 7.22. The molecule has 6 nitrogen and oxygen atoms in total. The fourth-order valence-electron chi connectivity index (χ4n) is 3.50. The Morgan fingerprint density at radius 1 is 1.22 bits per heavy atom. The minimum absolute atomic E-state index is 0.0803. The van der Waals surface area contributed by atoms with Crippen molar-refractivity contribution in [2.75, 3.05) is 18.0 Å². The van der Waals surface area contributed by atoms with Crippen molar-refractivity contribution in [2.24, 2.45) is 7.05 Å². The smallest absolute Gasteiger partial charge is 0.272 e. The minimum atomic E-state index is -0.0803. The molecular weight excluding hydrogens is 358 g/mol. The van der Waals surface area contributed by atoms with Crippen LogP contribution in [0.15, 0.2) is 18.2 Å². The van der Waals surface area contributed by atoms with Crippen molar-refractivity contribution >= 4 is 32.6 Å². The van der Waals surface area contributed by atoms with E-state index in [2.05, 4.69) is 41.3 Å². The van der Waals surface area contributed by atoms with Crippen LogP contribution in [0.4, 0.5) is 5.13 Å². The predicted octanol–water partition coefficient (Wildman–Crippen LogP) is 3.35. The normalized spacial score (nSPS) is 15.5. The molecule has 1 aliphatic heterocycles. The summed E-state index contributed by atoms with van der Waals surface area (Å²) in [7, 11) is 1.85. The van der Waals surface area contributed by atoms with Crippen LogP contribution in [-0.4, -0.2) is 39.8 Å². The van der Waals surface area contributed by atoms with Crippen molar-refractivity contribution in [1.29, 1.82) is 0 Å². The van der Waals surface area contributed by atoms with Crippen LogP contribution < -0.4 is 10.2 Å². The van der Waals surface area contributed by atoms with Crippen molar-refractivity contribution in [1.82, 2.24) is 20.1 Å². The zero-order chi connectivity index (χ0) is 19.1. The first-order valence-electron chi connectivity index (χ1n) is 9.35. The zero-order valence-electron chi connectivity index (χ0n) is 16.2. The summed E-state index contributed by atoms with van der Waals surface area (Å²) in [6, 6.07) is 6.35. The number of nitrogens with one attached hydrogen (secondary N) is 1. The Morgan fingerprint density at radius 2 is 1.96 bits per heavy atom. The summed E-state index contributed by atoms with van der Waals surface area (Å²) >= 11 is 1.76. The highest BCUT2D eigenvalue weighted by Crippen LogP contribution is 2.33. The third-order valence-corrected chi connectivity index (χ3v) is 6.60. The quantitative estimate of drug-likeness (QED) is 0.753. The molecule has 0 radical (unpaired) electrons. The van der Waals surface area contributed by atoms with Crippen LogP contribution in [-0.2, 0) is 7.05 Å². The number of piperidine rings is 1. The lowest BCUT2D eigenvalue weighted by Crippen LogP contribution is -2.44. The Morgan fingerprint density at radius 3 is 2.63 bits per heavy atom. The molecule has 0 atom stereocenters. The van der Waals surface area contributed by atoms with E-state index in [9.17, 15) is 4.79 Å². The number of carbonyl (C=O) groups is 1. The summed E-state index contributed by atoms with van der Waals surface area (Å²) in [5.41, 5.74) is 5.15. The average Bonchev–Trinajstić information content (AvgIpc) is 3.23. The summed E-state index contributed by atoms with van der Waals surface area (Å²) in [6.07, 6.45) is 1.84. The maximum Gasteiger partial charge on any atom is 0.272 e. The summed E-state index contributed by atoms with van der Waals surface area (Å²) in [5, 5.41) is 8.48. The van der Waals surface area contributed by atoms with E-state index >= 15 is 0 Å². The van der Waals surface area contributed by atoms with E-state index in [1.165, 1.54) is 15.8 Å². The van der Waals surface area contributed by atoms with Gasteiger partial charge in [-0.1, -0.05) is 17.4 Å². The van der Waals surface area contributed by atoms with Gasteiger partial charge >= 0.3 is 0 Å². The van der Waals surface area contributed by atoms with Crippen LogP contribution >= 0.6 is 11.3 Å². The first-order valence-corrected chi connectivity index (χ1v) is 10.2. The standard InChI is InChI=1S/C20H25N5OS/c1-12-5-6-17-18(14(12)3)22-20(27-17)25-9-7-15(8-10-25)21-19(26)16-11-13(2)24(4)23-16/h5-6,11,15H,7-10H2,1-4H3,(H,21,26). The van der Waals surface area contributed by atoms with E-state index in [1.54, 1.807) is 16.0 Å². The summed E-state index contributed by atoms with van der Waals surface area (Å²) < 4.78 is 2.97. The van der Waals surface area contributed by atoms with Gasteiger partial charge in [0.05, 0.1) is 10.2 Å². The Balaban J connectivity index is 1.40. The highest BCUT2D eigenvalue weighted by Gasteiger charge is 2.24. The van der Waals surface area contributed by atoms with Gasteiger partial charge in [0.25, 0.3) is 5.91 Å². The number of rotatable bonds is 3. The molecule has 1 aromatic carbocycles. The monoisotopic (exact) mass is 383 g/mol. The predicted molar refractivity (Wildman–Crippen MR) is 110 cm³/mol. The van der Waals surface area contributed by atoms with Crippen molar-refractivity contribution < 1.29 is 4.79 Å². The number of hydrogen-bond donors (Lipinski definition) is 1. The van der Waals surface area contributed by atoms with Crippen LogP contribution in [0.5, 0.6) is 0 Å². The Labute approximate surface area is 163 Å². The molecule has 0 bridgehead atoms. The van der Waals surface area contributed by atoms with Gasteiger partial charge in [-0.05, 0) is 56.9 Å². The summed E-state index contributed by atoms with van der Waals surface area (Å²) in [6.45, 7) is 8.03. The van der Waals surface area contributed by atoms with Gasteiger partial charge in [-0.15, -0.1) is 0 Å². The maximum atomic E-state index is 12.4. The Kier molecular flexibility index (Phi) is 4.63. The van der Waals surface area contributed by atoms with Gasteiger partial charge in [0.1, 0.15) is 5.69 Å². The second-order valence-electron chi connectivity index (χ2n) is 7.38. The number of amides is 1. The molecule has 1 aliphatic rings. The van der Waals surface area contributed by atoms with E-state index in [0.29, 0.717) is 5.69 Å². The molecule has 27 heavy (non-hydrogen) atoms. The van der Waals surface area contributed by atoms with Crippen molar-refractivity contribution in [3.05, 3.63) is 40.7 Å². The van der Waals surface area contributed by atoms with Gasteiger partial charge in [0, 0.05) is 31.9 Å². The van der Waals surface area contributed by atoms with Gasteiger partial charge in [-0.3, -0.25) is 9.48 Å². The van der Waals surface area contributed by atoms with Crippen LogP contribution in [0.1, 0.15) is 40.2 Å². The third-order valence-electron chi connectivity index (χ3n) is 5.52. The lowest BCUT2D eigenvalue weighted by atomic mass is 10.1. The molecule has 3 aromatic rings. The molecule has 1 fully saturated rings. The first kappa shape index (κ1) is 18.0. The molecule has 2 aromatic heterocycles. The lowest BCUT2D eigenvalue weighted by molar-refractivity contribution is 0.0925. The SMILES string of the molecule is Cc1ccc2sc(N3CCC(NC(=O)c4cc(C)n(C)n4)CC3)nc2c1C. The van der Waals surface area contributed by atoms with Crippen molar-refractivity contribution in [3.63, 3.8) is 0 Å². The molecule has 0 aliphatic carbocycles. The largest absolute Gasteiger partial charge is 0.348 e. The maximum absolute atomic E-state index is 12.4. The van der Waals surface area contributed by atoms with Crippen LogP contribution in [0.2, 0.25) is 0 Å². The molecule has 0 spiro atoms. The Hall–Kier alpha value is -2.41. The molecule has 4 rings (SSSR count). The highest BCUT2D eigenvalue weighted by atomic mass is 32.1. The number of nitrogens with zero attached hydrogens (tertiary/aromatic N) is 4. The number of carbonyl (C=O) groups excluding carboxylic acids is 1. The zero-order valence-corrected chi connectivity index (χ0v) is 17.1. The minimum Gasteiger partial charge on any atom is -0.348 e. The summed E-state index contributed by atoms with van der Waals surface area (Å²) in [5.74, 6) is -0.0803. The number of hydrogen-bond acceptors (Lipinski definition) is 5. The van der Waals surface area contributed by atoms with E-state index in [-0.39, 0.29) is 11.9 Å². The Bertz CT molecular complexity index is 978. The molecule has 0 unspecified atom stereocenters. The van der Waals surface area contributed by atoms with Gasteiger partial charge < -0.3 is 10.2 Å². The number of thiazole rings is 1. The van der Waals surface area contributed by atoms with Crippen LogP contribution in [0, 0.1) is 20.8 Å². The molecule has 7 heteroatoms. The second-order valence-corrected chi connectivity index (χ2v) is 8.39. The average molecular weight is 384 g/mol. The number of fused-ring (bicyclic) bond motifs is 1. The van der Waals surface area contributed by atoms with Gasteiger partial charge in [0.2, 0.25) is 0 Å². The van der Waals surface area contributed by atoms with E-state index in [4.69, 9.17) is 4.98 Å². The fourth-order valence-corrected chi connectivity index (χ4v) is 4.57. The fraction of sp³-hybridized carbons (Fsp3) is 0.450. The topological polar surface area (TPSA) is 63.1 Å². The third kappa shape index (κ3) is 3.43. The molecule has 1 N–H and O–H groups in total. The van der Waals surface area contributed by atoms with Crippen LogP contribution in [0.25, 0.3) is 10.2 Å². The first-order chi connectivity index (χ1) is 12.9. The van der Waals surface area contributed by atoms with Crippen molar-refractivity contribution in [3.8, 4) is 0 Å². The number of aryl methyl sites for hydroxylation is 4. The second kappa shape index (κ2) is 6.96. The number of benzene rings is 1. The van der Waals surface area contributed by atoms with Crippen molar-refractivity contribution in [2.45, 2.75) is 39.7 Å². The summed E-state index contributed by atoms with van der Waals surface area (Å²) in [4.78, 5) is 19.6. The van der Waals surface area contributed by atoms with E-state index < -0.39 is 0 Å². The number of anilines is 1. The molecular formula is C20H25N5OS. The lowest BCUT2D eigenvalue weighted by Gasteiger charge is -2.32. The molecule has 0 saturated carbocycles. The number of aromatic nitrogens is 3. The van der Waals surface area contributed by atoms with Gasteiger partial charge in [-0.2, -0.15) is 5.10 Å². The molecule has 3 heterocycles. The van der Waals surface area contributed by atoms with E-state index in [1.807, 2.05) is 20.0 Å². The molecule has 1 saturated heterocycles. The van der Waals surface area contributed by atoms with Gasteiger partial charge in [0.15, 0.2) is 5.13 Å². The molecule has 1 amide bonds. The van der Waals surface area contributed by atoms with Crippen LogP contribution in [0.3, 0.4) is 0 Å². The van der Waals surface area contributed by atoms with Gasteiger partial charge in [-0.25, -0.2) is 4.98 Å². The van der Waals surface area contributed by atoms with E-state index in [0.717, 1.165) is 42.3 Å². The molecule has 142 valence electrons.